The van der Waals surface area contributed by atoms with Crippen LogP contribution in [0, 0.1) is 56.7 Å². The number of carbonyl (C=O) groups excluding carboxylic acids is 1. The van der Waals surface area contributed by atoms with E-state index >= 15 is 0 Å². The highest BCUT2D eigenvalue weighted by Gasteiger charge is 2.70. The lowest BCUT2D eigenvalue weighted by atomic mass is 9.32. The highest BCUT2D eigenvalue weighted by atomic mass is 16.5. The maximum atomic E-state index is 13.2. The number of ether oxygens (including phenoxy) is 1. The molecule has 5 aliphatic rings. The van der Waals surface area contributed by atoms with Crippen LogP contribution in [0.5, 0.6) is 0 Å². The van der Waals surface area contributed by atoms with Crippen LogP contribution in [-0.4, -0.2) is 12.1 Å². The molecule has 0 amide bonds. The van der Waals surface area contributed by atoms with Gasteiger partial charge in [-0.2, -0.15) is 0 Å². The summed E-state index contributed by atoms with van der Waals surface area (Å²) in [5.74, 6) is 3.83. The lowest BCUT2D eigenvalue weighted by molar-refractivity contribution is -0.249. The Hall–Kier alpha value is -1.57. The molecule has 282 valence electrons. The Morgan fingerprint density at radius 3 is 2.10 bits per heavy atom. The van der Waals surface area contributed by atoms with E-state index in [0.717, 1.165) is 68.6 Å². The summed E-state index contributed by atoms with van der Waals surface area (Å²) in [6, 6.07) is 0. The van der Waals surface area contributed by atoms with Crippen molar-refractivity contribution >= 4 is 5.97 Å². The molecule has 0 bridgehead atoms. The Morgan fingerprint density at radius 1 is 0.700 bits per heavy atom. The second kappa shape index (κ2) is 16.2. The Balaban J connectivity index is 1.09. The molecule has 0 aliphatic heterocycles. The van der Waals surface area contributed by atoms with Crippen molar-refractivity contribution in [2.24, 2.45) is 56.7 Å². The second-order valence-corrected chi connectivity index (χ2v) is 19.8. The van der Waals surface area contributed by atoms with E-state index in [0.29, 0.717) is 34.0 Å². The lowest BCUT2D eigenvalue weighted by Gasteiger charge is -2.73. The molecule has 0 N–H and O–H groups in total. The summed E-state index contributed by atoms with van der Waals surface area (Å²) in [5.41, 5.74) is 3.13. The molecule has 0 saturated heterocycles. The highest BCUT2D eigenvalue weighted by Crippen LogP contribution is 2.77. The van der Waals surface area contributed by atoms with E-state index in [1.165, 1.54) is 82.6 Å². The van der Waals surface area contributed by atoms with E-state index in [-0.39, 0.29) is 17.5 Å². The zero-order chi connectivity index (χ0) is 36.2. The van der Waals surface area contributed by atoms with Gasteiger partial charge in [-0.15, -0.1) is 0 Å². The van der Waals surface area contributed by atoms with Gasteiger partial charge in [0.1, 0.15) is 6.10 Å². The molecule has 0 spiro atoms. The van der Waals surface area contributed by atoms with Crippen LogP contribution in [0.2, 0.25) is 0 Å². The van der Waals surface area contributed by atoms with Crippen molar-refractivity contribution in [3.05, 3.63) is 48.6 Å². The molecule has 10 atom stereocenters. The number of hydrogen-bond donors (Lipinski definition) is 0. The molecular weight excluding hydrogens is 609 g/mol. The van der Waals surface area contributed by atoms with Crippen LogP contribution >= 0.6 is 0 Å². The molecule has 5 saturated carbocycles. The monoisotopic (exact) mass is 687 g/mol. The molecular formula is C48H78O2. The van der Waals surface area contributed by atoms with Crippen LogP contribution in [0.1, 0.15) is 184 Å². The molecule has 1 unspecified atom stereocenters. The number of rotatable bonds is 15. The first-order chi connectivity index (χ1) is 23.7. The first-order valence-electron chi connectivity index (χ1n) is 21.5. The summed E-state index contributed by atoms with van der Waals surface area (Å²) < 4.78 is 6.41. The van der Waals surface area contributed by atoms with Crippen LogP contribution in [-0.2, 0) is 9.53 Å². The van der Waals surface area contributed by atoms with Crippen LogP contribution in [0.3, 0.4) is 0 Å². The quantitative estimate of drug-likeness (QED) is 0.0973. The number of fused-ring (bicyclic) bond motifs is 7. The molecule has 5 rings (SSSR count). The number of esters is 1. The number of allylic oxidation sites excluding steroid dienone is 7. The number of hydrogen-bond acceptors (Lipinski definition) is 2. The van der Waals surface area contributed by atoms with Crippen molar-refractivity contribution in [1.29, 1.82) is 0 Å². The van der Waals surface area contributed by atoms with E-state index in [1.54, 1.807) is 0 Å². The van der Waals surface area contributed by atoms with Gasteiger partial charge in [0.25, 0.3) is 0 Å². The van der Waals surface area contributed by atoms with Crippen LogP contribution in [0.15, 0.2) is 48.6 Å². The van der Waals surface area contributed by atoms with E-state index in [4.69, 9.17) is 4.74 Å². The van der Waals surface area contributed by atoms with Gasteiger partial charge < -0.3 is 4.74 Å². The second-order valence-electron chi connectivity index (χ2n) is 19.8. The minimum absolute atomic E-state index is 0.0266. The summed E-state index contributed by atoms with van der Waals surface area (Å²) in [4.78, 5) is 13.2. The molecule has 0 aromatic heterocycles. The third-order valence-corrected chi connectivity index (χ3v) is 16.7. The first kappa shape index (κ1) is 39.6. The van der Waals surface area contributed by atoms with Gasteiger partial charge in [0.15, 0.2) is 0 Å². The normalized spacial score (nSPS) is 40.8. The Kier molecular flexibility index (Phi) is 12.8. The maximum Gasteiger partial charge on any atom is 0.306 e. The topological polar surface area (TPSA) is 26.3 Å². The molecule has 50 heavy (non-hydrogen) atoms. The average Bonchev–Trinajstić information content (AvgIpc) is 3.42. The predicted molar refractivity (Wildman–Crippen MR) is 214 cm³/mol. The van der Waals surface area contributed by atoms with Gasteiger partial charge in [-0.1, -0.05) is 116 Å². The highest BCUT2D eigenvalue weighted by molar-refractivity contribution is 5.69. The van der Waals surface area contributed by atoms with Crippen molar-refractivity contribution in [2.75, 3.05) is 0 Å². The zero-order valence-electron chi connectivity index (χ0n) is 34.1. The van der Waals surface area contributed by atoms with Crippen molar-refractivity contribution in [2.45, 2.75) is 190 Å². The molecule has 2 nitrogen and oxygen atoms in total. The summed E-state index contributed by atoms with van der Waals surface area (Å²) in [7, 11) is 0. The van der Waals surface area contributed by atoms with Crippen molar-refractivity contribution in [1.82, 2.24) is 0 Å². The fraction of sp³-hybridized carbons (Fsp3) is 0.812. The SMILES string of the molecule is C=C(C)[C@@H]1CC[C@]2(C)CC[C@]3(C)C(CC[C@@H]4[C@@]5(C)CC[C@H](OC(=O)CCCCCCC/C=C\C/C=C\C/C=C\CC)C(C)(C)[C@@H]5CC[C@]43C)[C@@H]12. The van der Waals surface area contributed by atoms with Crippen LogP contribution in [0.4, 0.5) is 0 Å². The van der Waals surface area contributed by atoms with Gasteiger partial charge in [-0.05, 0) is 161 Å². The van der Waals surface area contributed by atoms with Gasteiger partial charge in [0, 0.05) is 11.8 Å². The average molecular weight is 687 g/mol. The van der Waals surface area contributed by atoms with Crippen LogP contribution < -0.4 is 0 Å². The summed E-state index contributed by atoms with van der Waals surface area (Å²) in [6.45, 7) is 24.8. The molecule has 0 aromatic carbocycles. The van der Waals surface area contributed by atoms with Gasteiger partial charge in [-0.25, -0.2) is 0 Å². The molecule has 5 aliphatic carbocycles. The van der Waals surface area contributed by atoms with Gasteiger partial charge in [0.05, 0.1) is 0 Å². The smallest absolute Gasteiger partial charge is 0.306 e. The third-order valence-electron chi connectivity index (χ3n) is 16.7. The molecule has 0 aromatic rings. The number of unbranched alkanes of at least 4 members (excludes halogenated alkanes) is 5. The van der Waals surface area contributed by atoms with E-state index in [2.05, 4.69) is 98.4 Å². The van der Waals surface area contributed by atoms with Gasteiger partial charge >= 0.3 is 5.97 Å². The Morgan fingerprint density at radius 2 is 1.38 bits per heavy atom. The Labute approximate surface area is 309 Å². The maximum absolute atomic E-state index is 13.2. The predicted octanol–water partition coefficient (Wildman–Crippen LogP) is 14.2. The fourth-order valence-electron chi connectivity index (χ4n) is 13.8. The van der Waals surface area contributed by atoms with Crippen molar-refractivity contribution in [3.63, 3.8) is 0 Å². The van der Waals surface area contributed by atoms with Gasteiger partial charge in [0.2, 0.25) is 0 Å². The fourth-order valence-corrected chi connectivity index (χ4v) is 13.8. The number of carbonyl (C=O) groups is 1. The third kappa shape index (κ3) is 7.58. The summed E-state index contributed by atoms with van der Waals surface area (Å²) in [5, 5.41) is 0. The summed E-state index contributed by atoms with van der Waals surface area (Å²) >= 11 is 0. The van der Waals surface area contributed by atoms with Crippen molar-refractivity contribution in [3.8, 4) is 0 Å². The zero-order valence-corrected chi connectivity index (χ0v) is 34.1. The van der Waals surface area contributed by atoms with E-state index < -0.39 is 0 Å². The molecule has 2 heteroatoms. The first-order valence-corrected chi connectivity index (χ1v) is 21.5. The Bertz CT molecular complexity index is 1250. The standard InChI is InChI=1S/C48H78O2/c1-10-11-12-13-14-15-16-17-18-19-20-21-22-23-24-25-42(49)50-41-30-32-46(7)39(44(41,4)5)29-33-48(9)40(46)27-26-38-43-37(36(2)3)28-31-45(43,6)34-35-47(38,48)8/h11-12,14-15,17-18,37-41,43H,2,10,13,16,19-35H2,1,3-9H3/b12-11-,15-14-,18-17-/t37-,38?,39-,40+,41-,43+,45+,46-,47+,48+/m0/s1. The van der Waals surface area contributed by atoms with E-state index in [9.17, 15) is 4.79 Å². The minimum atomic E-state index is 0.0266. The van der Waals surface area contributed by atoms with Crippen LogP contribution in [0.25, 0.3) is 0 Å². The molecule has 0 heterocycles. The molecule has 5 fully saturated rings. The summed E-state index contributed by atoms with van der Waals surface area (Å²) in [6.07, 6.45) is 37.7. The van der Waals surface area contributed by atoms with Gasteiger partial charge in [-0.3, -0.25) is 4.79 Å². The van der Waals surface area contributed by atoms with Crippen molar-refractivity contribution < 1.29 is 9.53 Å². The lowest BCUT2D eigenvalue weighted by Crippen LogP contribution is -2.66. The molecule has 0 radical (unpaired) electrons. The van der Waals surface area contributed by atoms with E-state index in [1.807, 2.05) is 0 Å². The largest absolute Gasteiger partial charge is 0.462 e. The minimum Gasteiger partial charge on any atom is -0.462 e.